The van der Waals surface area contributed by atoms with E-state index in [0.29, 0.717) is 25.9 Å². The van der Waals surface area contributed by atoms with Crippen molar-refractivity contribution < 1.29 is 28.3 Å². The molecule has 0 saturated heterocycles. The van der Waals surface area contributed by atoms with Crippen LogP contribution < -0.4 is 10.2 Å². The van der Waals surface area contributed by atoms with Crippen molar-refractivity contribution >= 4 is 58.1 Å². The number of nitrogens with zero attached hydrogens (tertiary/aromatic N) is 2. The van der Waals surface area contributed by atoms with Gasteiger partial charge in [0.15, 0.2) is 0 Å². The summed E-state index contributed by atoms with van der Waals surface area (Å²) in [6.07, 6.45) is -0.697. The summed E-state index contributed by atoms with van der Waals surface area (Å²) in [6.45, 7) is 5.15. The van der Waals surface area contributed by atoms with Gasteiger partial charge in [0.1, 0.15) is 11.4 Å². The van der Waals surface area contributed by atoms with E-state index in [1.165, 1.54) is 19.2 Å². The summed E-state index contributed by atoms with van der Waals surface area (Å²) in [4.78, 5) is 54.6. The van der Waals surface area contributed by atoms with Crippen LogP contribution in [0.3, 0.4) is 0 Å². The van der Waals surface area contributed by atoms with Crippen molar-refractivity contribution in [2.45, 2.75) is 32.9 Å². The van der Waals surface area contributed by atoms with Gasteiger partial charge in [-0.25, -0.2) is 9.18 Å². The molecule has 220 valence electrons. The van der Waals surface area contributed by atoms with Gasteiger partial charge in [0.25, 0.3) is 17.7 Å². The average Bonchev–Trinajstić information content (AvgIpc) is 3.49. The molecule has 1 aliphatic rings. The molecule has 0 atom stereocenters. The first-order chi connectivity index (χ1) is 20.3. The minimum atomic E-state index is -0.747. The summed E-state index contributed by atoms with van der Waals surface area (Å²) < 4.78 is 20.6. The Balaban J connectivity index is 1.37. The first-order valence-corrected chi connectivity index (χ1v) is 14.4. The summed E-state index contributed by atoms with van der Waals surface area (Å²) in [7, 11) is 1.43. The second-order valence-electron chi connectivity index (χ2n) is 10.9. The van der Waals surface area contributed by atoms with Crippen molar-refractivity contribution in [3.8, 4) is 11.1 Å². The Kier molecular flexibility index (Phi) is 8.09. The predicted molar refractivity (Wildman–Crippen MR) is 164 cm³/mol. The zero-order valence-electron chi connectivity index (χ0n) is 23.7. The number of imide groups is 1. The van der Waals surface area contributed by atoms with E-state index < -0.39 is 35.2 Å². The lowest BCUT2D eigenvalue weighted by Gasteiger charge is -2.25. The van der Waals surface area contributed by atoms with E-state index >= 15 is 0 Å². The number of amides is 4. The fraction of sp³-hybridized carbons (Fsp3) is 0.188. The van der Waals surface area contributed by atoms with E-state index in [4.69, 9.17) is 16.3 Å². The van der Waals surface area contributed by atoms with Gasteiger partial charge in [-0.05, 0) is 79.9 Å². The lowest BCUT2D eigenvalue weighted by atomic mass is 10.0. The molecule has 0 unspecified atom stereocenters. The number of anilines is 2. The maximum atomic E-state index is 14.7. The molecule has 1 aromatic heterocycles. The summed E-state index contributed by atoms with van der Waals surface area (Å²) in [6, 6.07) is 19.4. The molecule has 1 N–H and O–H groups in total. The number of carbonyl (C=O) groups is 4. The molecule has 3 aromatic carbocycles. The zero-order chi connectivity index (χ0) is 31.1. The SMILES string of the molecule is CN(C(=O)OC(C)(C)C)c1cc(-c2cccc(CN3C(=O)c4cccc(NC(=O)c5ccc(Cl)s5)c4C3=O)c2)ccc1F. The van der Waals surface area contributed by atoms with Gasteiger partial charge in [-0.3, -0.25) is 24.2 Å². The van der Waals surface area contributed by atoms with Crippen LogP contribution in [0.2, 0.25) is 4.34 Å². The molecule has 0 fully saturated rings. The molecule has 0 aliphatic carbocycles. The van der Waals surface area contributed by atoms with Crippen molar-refractivity contribution in [3.63, 3.8) is 0 Å². The highest BCUT2D eigenvalue weighted by Crippen LogP contribution is 2.33. The summed E-state index contributed by atoms with van der Waals surface area (Å²) in [5.74, 6) is -2.05. The molecule has 2 heterocycles. The van der Waals surface area contributed by atoms with Gasteiger partial charge in [0.05, 0.1) is 38.3 Å². The number of nitrogens with one attached hydrogen (secondary N) is 1. The largest absolute Gasteiger partial charge is 0.443 e. The fourth-order valence-corrected chi connectivity index (χ4v) is 5.55. The summed E-state index contributed by atoms with van der Waals surface area (Å²) >= 11 is 7.05. The Morgan fingerprint density at radius 1 is 0.977 bits per heavy atom. The number of fused-ring (bicyclic) bond motifs is 1. The smallest absolute Gasteiger partial charge is 0.414 e. The third kappa shape index (κ3) is 6.30. The maximum absolute atomic E-state index is 14.7. The molecular formula is C32H27ClFN3O5S. The highest BCUT2D eigenvalue weighted by Gasteiger charge is 2.38. The van der Waals surface area contributed by atoms with E-state index in [1.54, 1.807) is 81.4 Å². The maximum Gasteiger partial charge on any atom is 0.414 e. The van der Waals surface area contributed by atoms with Gasteiger partial charge < -0.3 is 10.1 Å². The number of thiophene rings is 1. The van der Waals surface area contributed by atoms with Crippen molar-refractivity contribution in [2.24, 2.45) is 0 Å². The summed E-state index contributed by atoms with van der Waals surface area (Å²) in [5.41, 5.74) is 1.79. The lowest BCUT2D eigenvalue weighted by molar-refractivity contribution is 0.0585. The molecule has 11 heteroatoms. The van der Waals surface area contributed by atoms with Crippen LogP contribution in [-0.2, 0) is 11.3 Å². The second kappa shape index (κ2) is 11.6. The number of carbonyl (C=O) groups excluding carboxylic acids is 4. The van der Waals surface area contributed by atoms with Crippen LogP contribution in [0.1, 0.15) is 56.7 Å². The molecule has 43 heavy (non-hydrogen) atoms. The minimum absolute atomic E-state index is 0.0278. The Morgan fingerprint density at radius 2 is 1.70 bits per heavy atom. The standard InChI is InChI=1S/C32H27ClFN3O5S/c1-32(2,3)42-31(41)36(4)24-16-20(11-12-22(24)34)19-8-5-7-18(15-19)17-37-29(39)21-9-6-10-23(27(21)30(37)40)35-28(38)25-13-14-26(33)43-25/h5-16H,17H2,1-4H3,(H,35,38). The number of hydrogen-bond acceptors (Lipinski definition) is 6. The third-order valence-electron chi connectivity index (χ3n) is 6.62. The zero-order valence-corrected chi connectivity index (χ0v) is 25.3. The molecule has 5 rings (SSSR count). The van der Waals surface area contributed by atoms with Crippen LogP contribution >= 0.6 is 22.9 Å². The van der Waals surface area contributed by atoms with E-state index in [-0.39, 0.29) is 29.0 Å². The number of halogens is 2. The highest BCUT2D eigenvalue weighted by atomic mass is 35.5. The second-order valence-corrected chi connectivity index (χ2v) is 12.6. The van der Waals surface area contributed by atoms with Crippen molar-refractivity contribution in [1.29, 1.82) is 0 Å². The van der Waals surface area contributed by atoms with E-state index in [0.717, 1.165) is 21.1 Å². The summed E-state index contributed by atoms with van der Waals surface area (Å²) in [5, 5.41) is 2.72. The molecule has 1 aliphatic heterocycles. The van der Waals surface area contributed by atoms with Crippen molar-refractivity contribution in [3.05, 3.63) is 105 Å². The molecule has 0 spiro atoms. The number of hydrogen-bond donors (Lipinski definition) is 1. The first kappa shape index (κ1) is 29.9. The van der Waals surface area contributed by atoms with Crippen LogP contribution in [-0.4, -0.2) is 41.4 Å². The molecular weight excluding hydrogens is 593 g/mol. The van der Waals surface area contributed by atoms with Crippen LogP contribution in [0.25, 0.3) is 11.1 Å². The Hall–Kier alpha value is -4.54. The Morgan fingerprint density at radius 3 is 2.40 bits per heavy atom. The van der Waals surface area contributed by atoms with Crippen LogP contribution in [0.4, 0.5) is 20.6 Å². The van der Waals surface area contributed by atoms with Gasteiger partial charge >= 0.3 is 6.09 Å². The van der Waals surface area contributed by atoms with Crippen molar-refractivity contribution in [1.82, 2.24) is 4.90 Å². The average molecular weight is 620 g/mol. The first-order valence-electron chi connectivity index (χ1n) is 13.2. The van der Waals surface area contributed by atoms with E-state index in [2.05, 4.69) is 5.32 Å². The van der Waals surface area contributed by atoms with Gasteiger partial charge in [-0.15, -0.1) is 11.3 Å². The Labute approximate surface area is 256 Å². The Bertz CT molecular complexity index is 1780. The van der Waals surface area contributed by atoms with Gasteiger partial charge in [-0.1, -0.05) is 41.9 Å². The normalized spacial score (nSPS) is 12.7. The molecule has 0 bridgehead atoms. The third-order valence-corrected chi connectivity index (χ3v) is 7.85. The topological polar surface area (TPSA) is 96.0 Å². The monoisotopic (exact) mass is 619 g/mol. The molecule has 4 aromatic rings. The van der Waals surface area contributed by atoms with Crippen LogP contribution in [0.15, 0.2) is 72.8 Å². The van der Waals surface area contributed by atoms with Crippen molar-refractivity contribution in [2.75, 3.05) is 17.3 Å². The minimum Gasteiger partial charge on any atom is -0.443 e. The fourth-order valence-electron chi connectivity index (χ4n) is 4.61. The lowest BCUT2D eigenvalue weighted by Crippen LogP contribution is -2.34. The highest BCUT2D eigenvalue weighted by molar-refractivity contribution is 7.18. The molecule has 0 saturated carbocycles. The molecule has 0 radical (unpaired) electrons. The quantitative estimate of drug-likeness (QED) is 0.224. The van der Waals surface area contributed by atoms with E-state index in [1.807, 2.05) is 0 Å². The number of rotatable bonds is 6. The van der Waals surface area contributed by atoms with Gasteiger partial charge in [-0.2, -0.15) is 0 Å². The predicted octanol–water partition coefficient (Wildman–Crippen LogP) is 7.63. The van der Waals surface area contributed by atoms with Gasteiger partial charge in [0, 0.05) is 7.05 Å². The number of ether oxygens (including phenoxy) is 1. The van der Waals surface area contributed by atoms with E-state index in [9.17, 15) is 23.6 Å². The number of benzene rings is 3. The van der Waals surface area contributed by atoms with Crippen LogP contribution in [0, 0.1) is 5.82 Å². The molecule has 4 amide bonds. The molecule has 8 nitrogen and oxygen atoms in total. The van der Waals surface area contributed by atoms with Gasteiger partial charge in [0.2, 0.25) is 0 Å². The van der Waals surface area contributed by atoms with Crippen LogP contribution in [0.5, 0.6) is 0 Å².